The quantitative estimate of drug-likeness (QED) is 0.864. The molecule has 0 saturated heterocycles. The van der Waals surface area contributed by atoms with Crippen LogP contribution in [0.25, 0.3) is 0 Å². The van der Waals surface area contributed by atoms with Gasteiger partial charge in [-0.25, -0.2) is 4.21 Å². The van der Waals surface area contributed by atoms with Crippen LogP contribution in [0.5, 0.6) is 0 Å². The molecule has 21 heavy (non-hydrogen) atoms. The van der Waals surface area contributed by atoms with E-state index in [4.69, 9.17) is 0 Å². The fraction of sp³-hybridized carbons (Fsp3) is 0.0769. The number of hydrogen-bond donors (Lipinski definition) is 0. The highest BCUT2D eigenvalue weighted by Crippen LogP contribution is 2.24. The average Bonchev–Trinajstić information content (AvgIpc) is 2.48. The van der Waals surface area contributed by atoms with Crippen molar-refractivity contribution in [2.45, 2.75) is 15.5 Å². The summed E-state index contributed by atoms with van der Waals surface area (Å²) in [6.45, 7) is 0. The van der Waals surface area contributed by atoms with Crippen molar-refractivity contribution in [3.8, 4) is 0 Å². The van der Waals surface area contributed by atoms with Gasteiger partial charge < -0.3 is 0 Å². The first-order valence-corrected chi connectivity index (χ1v) is 8.79. The molecule has 0 fully saturated rings. The summed E-state index contributed by atoms with van der Waals surface area (Å²) in [7, 11) is -8.83. The highest BCUT2D eigenvalue weighted by Gasteiger charge is 2.28. The standard InChI is InChI=1S/C13H11F2NO3S2/c14-13(15)20(17,11-7-3-1-4-8-11)16-21(18,19)12-9-5-2-6-10-12/h1-10,13H. The predicted molar refractivity (Wildman–Crippen MR) is 74.9 cm³/mol. The summed E-state index contributed by atoms with van der Waals surface area (Å²) < 4.78 is 65.9. The summed E-state index contributed by atoms with van der Waals surface area (Å²) in [6, 6.07) is 13.5. The first-order chi connectivity index (χ1) is 9.86. The van der Waals surface area contributed by atoms with Gasteiger partial charge in [-0.05, 0) is 24.3 Å². The van der Waals surface area contributed by atoms with E-state index in [-0.39, 0.29) is 9.79 Å². The van der Waals surface area contributed by atoms with Gasteiger partial charge in [-0.1, -0.05) is 40.2 Å². The minimum Gasteiger partial charge on any atom is -0.238 e. The Morgan fingerprint density at radius 2 is 1.19 bits per heavy atom. The van der Waals surface area contributed by atoms with Crippen molar-refractivity contribution in [1.29, 1.82) is 0 Å². The van der Waals surface area contributed by atoms with Gasteiger partial charge in [0.25, 0.3) is 10.0 Å². The van der Waals surface area contributed by atoms with E-state index >= 15 is 0 Å². The van der Waals surface area contributed by atoms with Crippen molar-refractivity contribution < 1.29 is 21.4 Å². The van der Waals surface area contributed by atoms with E-state index in [1.54, 1.807) is 12.1 Å². The molecule has 1 unspecified atom stereocenters. The van der Waals surface area contributed by atoms with Gasteiger partial charge in [-0.15, -0.1) is 0 Å². The molecule has 0 amide bonds. The number of alkyl halides is 2. The molecule has 0 aliphatic rings. The summed E-state index contributed by atoms with van der Waals surface area (Å²) >= 11 is 0. The molecule has 2 rings (SSSR count). The van der Waals surface area contributed by atoms with Gasteiger partial charge in [-0.3, -0.25) is 0 Å². The zero-order chi connectivity index (χ0) is 15.5. The van der Waals surface area contributed by atoms with Gasteiger partial charge in [0.15, 0.2) is 9.73 Å². The number of benzene rings is 2. The van der Waals surface area contributed by atoms with Crippen molar-refractivity contribution in [3.05, 3.63) is 60.7 Å². The largest absolute Gasteiger partial charge is 0.324 e. The molecule has 4 nitrogen and oxygen atoms in total. The fourth-order valence-corrected chi connectivity index (χ4v) is 4.94. The molecule has 2 aromatic carbocycles. The molecular formula is C13H11F2NO3S2. The fourth-order valence-electron chi connectivity index (χ4n) is 1.58. The van der Waals surface area contributed by atoms with Crippen LogP contribution in [0.1, 0.15) is 0 Å². The molecule has 0 aliphatic carbocycles. The molecule has 0 spiro atoms. The lowest BCUT2D eigenvalue weighted by Gasteiger charge is -2.09. The van der Waals surface area contributed by atoms with Crippen LogP contribution in [0, 0.1) is 0 Å². The van der Waals surface area contributed by atoms with Crippen molar-refractivity contribution >= 4 is 19.8 Å². The monoisotopic (exact) mass is 331 g/mol. The van der Waals surface area contributed by atoms with Gasteiger partial charge in [0, 0.05) is 0 Å². The maximum Gasteiger partial charge on any atom is 0.324 e. The van der Waals surface area contributed by atoms with Gasteiger partial charge in [0.05, 0.1) is 9.79 Å². The van der Waals surface area contributed by atoms with Crippen LogP contribution in [0.15, 0.2) is 74.2 Å². The normalized spacial score (nSPS) is 14.6. The zero-order valence-corrected chi connectivity index (χ0v) is 12.2. The summed E-state index contributed by atoms with van der Waals surface area (Å²) in [5.41, 5.74) is 0. The predicted octanol–water partition coefficient (Wildman–Crippen LogP) is 3.13. The van der Waals surface area contributed by atoms with Crippen molar-refractivity contribution in [2.75, 3.05) is 0 Å². The Kier molecular flexibility index (Phi) is 4.38. The van der Waals surface area contributed by atoms with Crippen LogP contribution in [-0.2, 0) is 19.8 Å². The highest BCUT2D eigenvalue weighted by molar-refractivity contribution is 8.03. The molecule has 0 radical (unpaired) electrons. The molecule has 0 heterocycles. The minimum atomic E-state index is -4.44. The van der Waals surface area contributed by atoms with Gasteiger partial charge in [-0.2, -0.15) is 17.2 Å². The minimum absolute atomic E-state index is 0.283. The Labute approximate surface area is 121 Å². The number of sulfonamides is 1. The van der Waals surface area contributed by atoms with Gasteiger partial charge in [0.2, 0.25) is 0 Å². The lowest BCUT2D eigenvalue weighted by molar-refractivity contribution is 0.241. The second-order valence-corrected chi connectivity index (χ2v) is 7.99. The third kappa shape index (κ3) is 3.27. The maximum absolute atomic E-state index is 13.2. The van der Waals surface area contributed by atoms with Crippen LogP contribution < -0.4 is 0 Å². The summed E-state index contributed by atoms with van der Waals surface area (Å²) in [5, 5.41) is 0. The molecule has 1 atom stereocenters. The molecule has 112 valence electrons. The summed E-state index contributed by atoms with van der Waals surface area (Å²) in [4.78, 5) is -0.603. The van der Waals surface area contributed by atoms with Crippen LogP contribution >= 0.6 is 0 Å². The van der Waals surface area contributed by atoms with Crippen molar-refractivity contribution in [2.24, 2.45) is 3.77 Å². The second kappa shape index (κ2) is 5.90. The average molecular weight is 331 g/mol. The SMILES string of the molecule is O=S(=O)(N=S(=O)(c1ccccc1)C(F)F)c1ccccc1. The third-order valence-electron chi connectivity index (χ3n) is 2.57. The molecule has 0 aromatic heterocycles. The van der Waals surface area contributed by atoms with Crippen molar-refractivity contribution in [1.82, 2.24) is 0 Å². The van der Waals surface area contributed by atoms with Crippen LogP contribution in [0.3, 0.4) is 0 Å². The Bertz CT molecular complexity index is 828. The van der Waals surface area contributed by atoms with Crippen LogP contribution in [0.4, 0.5) is 8.78 Å². The van der Waals surface area contributed by atoms with E-state index in [0.29, 0.717) is 0 Å². The first kappa shape index (κ1) is 15.6. The van der Waals surface area contributed by atoms with E-state index in [2.05, 4.69) is 3.77 Å². The Balaban J connectivity index is 2.67. The number of nitrogens with zero attached hydrogens (tertiary/aromatic N) is 1. The molecule has 0 N–H and O–H groups in total. The van der Waals surface area contributed by atoms with E-state index in [0.717, 1.165) is 0 Å². The lowest BCUT2D eigenvalue weighted by Crippen LogP contribution is -2.14. The topological polar surface area (TPSA) is 63.6 Å². The molecule has 0 saturated carbocycles. The van der Waals surface area contributed by atoms with Gasteiger partial charge >= 0.3 is 5.76 Å². The summed E-state index contributed by atoms with van der Waals surface area (Å²) in [6.07, 6.45) is 0. The summed E-state index contributed by atoms with van der Waals surface area (Å²) in [5.74, 6) is -3.42. The van der Waals surface area contributed by atoms with Crippen LogP contribution in [-0.4, -0.2) is 18.4 Å². The van der Waals surface area contributed by atoms with E-state index in [9.17, 15) is 21.4 Å². The third-order valence-corrected chi connectivity index (χ3v) is 6.54. The first-order valence-electron chi connectivity index (χ1n) is 5.77. The van der Waals surface area contributed by atoms with E-state index in [1.165, 1.54) is 48.5 Å². The zero-order valence-electron chi connectivity index (χ0n) is 10.6. The van der Waals surface area contributed by atoms with Crippen molar-refractivity contribution in [3.63, 3.8) is 0 Å². The van der Waals surface area contributed by atoms with E-state index in [1.807, 2.05) is 0 Å². The molecule has 2 aromatic rings. The maximum atomic E-state index is 13.2. The lowest BCUT2D eigenvalue weighted by atomic mass is 10.4. The Hall–Kier alpha value is -1.80. The molecule has 0 aliphatic heterocycles. The number of hydrogen-bond acceptors (Lipinski definition) is 3. The molecule has 8 heteroatoms. The molecular weight excluding hydrogens is 320 g/mol. The Morgan fingerprint density at radius 3 is 1.62 bits per heavy atom. The smallest absolute Gasteiger partial charge is 0.238 e. The highest BCUT2D eigenvalue weighted by atomic mass is 32.3. The number of halogens is 2. The van der Waals surface area contributed by atoms with E-state index < -0.39 is 25.5 Å². The molecule has 0 bridgehead atoms. The van der Waals surface area contributed by atoms with Gasteiger partial charge in [0.1, 0.15) is 0 Å². The number of rotatable bonds is 4. The second-order valence-electron chi connectivity index (χ2n) is 4.01. The van der Waals surface area contributed by atoms with Crippen LogP contribution in [0.2, 0.25) is 0 Å². The Morgan fingerprint density at radius 1 is 0.762 bits per heavy atom.